The number of carbonyl (C=O) groups is 5. The number of primary amides is 1. The maximum atomic E-state index is 14.6. The van der Waals surface area contributed by atoms with E-state index in [1.165, 1.54) is 24.2 Å². The highest BCUT2D eigenvalue weighted by Gasteiger charge is 2.58. The zero-order chi connectivity index (χ0) is 35.0. The molecule has 12 heteroatoms. The van der Waals surface area contributed by atoms with E-state index in [9.17, 15) is 24.0 Å². The minimum atomic E-state index is -1.14. The Bertz CT molecular complexity index is 1470. The number of hydrogen-bond donors (Lipinski definition) is 3. The summed E-state index contributed by atoms with van der Waals surface area (Å²) in [6.07, 6.45) is 7.05. The van der Waals surface area contributed by atoms with Gasteiger partial charge in [0.1, 0.15) is 12.1 Å². The standard InChI is InChI=1S/C36H50ClN5O6/c1-6-11-24(29(43)31(38)44)39-32(45)26-18-36(17-25(41-48-36)22-14-10-15-23(37)16-22)19-42(26)34(47)30(35(3,4)5)40-33(46)28-20(2)27(28)21-12-8-7-9-13-21/h10,14-16,20-21,24,26-28,30H,6-9,11-13,17-19H2,1-5H3,(H2,38,44)(H,39,45)(H,40,46)/t20-,24-,26-,27+,28-,30+,36+/m0/s1. The molecule has 2 saturated carbocycles. The predicted octanol–water partition coefficient (Wildman–Crippen LogP) is 4.14. The summed E-state index contributed by atoms with van der Waals surface area (Å²) in [5.74, 6) is -2.20. The molecule has 4 N–H and O–H groups in total. The van der Waals surface area contributed by atoms with Crippen molar-refractivity contribution in [1.82, 2.24) is 15.5 Å². The molecule has 1 saturated heterocycles. The molecule has 5 rings (SSSR count). The molecule has 0 radical (unpaired) electrons. The lowest BCUT2D eigenvalue weighted by Gasteiger charge is -2.36. The van der Waals surface area contributed by atoms with Gasteiger partial charge in [-0.25, -0.2) is 0 Å². The summed E-state index contributed by atoms with van der Waals surface area (Å²) >= 11 is 6.24. The number of carbonyl (C=O) groups excluding carboxylic acids is 5. The van der Waals surface area contributed by atoms with Crippen molar-refractivity contribution in [3.05, 3.63) is 34.9 Å². The lowest BCUT2D eigenvalue weighted by atomic mass is 9.84. The normalized spacial score (nSPS) is 28.3. The van der Waals surface area contributed by atoms with Crippen molar-refractivity contribution < 1.29 is 28.8 Å². The molecule has 1 aromatic carbocycles. The van der Waals surface area contributed by atoms with Gasteiger partial charge in [0.2, 0.25) is 23.5 Å². The first-order chi connectivity index (χ1) is 22.7. The van der Waals surface area contributed by atoms with Crippen LogP contribution in [0.5, 0.6) is 0 Å². The van der Waals surface area contributed by atoms with Gasteiger partial charge >= 0.3 is 0 Å². The molecule has 3 fully saturated rings. The Hall–Kier alpha value is -3.47. The van der Waals surface area contributed by atoms with Gasteiger partial charge < -0.3 is 26.1 Å². The molecule has 262 valence electrons. The van der Waals surface area contributed by atoms with Crippen LogP contribution in [0.1, 0.15) is 98.0 Å². The van der Waals surface area contributed by atoms with E-state index in [0.717, 1.165) is 18.4 Å². The van der Waals surface area contributed by atoms with Gasteiger partial charge in [-0.2, -0.15) is 0 Å². The average Bonchev–Trinajstić information content (AvgIpc) is 3.35. The number of nitrogens with zero attached hydrogens (tertiary/aromatic N) is 2. The lowest BCUT2D eigenvalue weighted by Crippen LogP contribution is -2.59. The number of likely N-dealkylation sites (tertiary alicyclic amines) is 1. The fourth-order valence-electron chi connectivity index (χ4n) is 8.15. The van der Waals surface area contributed by atoms with Crippen molar-refractivity contribution in [2.45, 2.75) is 116 Å². The Morgan fingerprint density at radius 2 is 1.81 bits per heavy atom. The highest BCUT2D eigenvalue weighted by molar-refractivity contribution is 6.37. The van der Waals surface area contributed by atoms with Gasteiger partial charge in [-0.15, -0.1) is 0 Å². The number of Topliss-reactive ketones (excluding diaryl/α,β-unsaturated/α-hetero) is 1. The van der Waals surface area contributed by atoms with Crippen LogP contribution in [0.3, 0.4) is 0 Å². The summed E-state index contributed by atoms with van der Waals surface area (Å²) in [5, 5.41) is 10.7. The van der Waals surface area contributed by atoms with E-state index in [1.807, 2.05) is 39.8 Å². The molecule has 0 bridgehead atoms. The number of rotatable bonds is 11. The van der Waals surface area contributed by atoms with Crippen molar-refractivity contribution in [3.63, 3.8) is 0 Å². The Labute approximate surface area is 288 Å². The van der Waals surface area contributed by atoms with Gasteiger partial charge in [0.25, 0.3) is 5.91 Å². The summed E-state index contributed by atoms with van der Waals surface area (Å²) < 4.78 is 0. The molecule has 1 aromatic rings. The third kappa shape index (κ3) is 7.56. The third-order valence-corrected chi connectivity index (χ3v) is 11.0. The van der Waals surface area contributed by atoms with Crippen LogP contribution in [0.15, 0.2) is 29.4 Å². The monoisotopic (exact) mass is 683 g/mol. The van der Waals surface area contributed by atoms with E-state index in [2.05, 4.69) is 22.7 Å². The first kappa shape index (κ1) is 35.8. The number of hydrogen-bond acceptors (Lipinski definition) is 7. The zero-order valence-electron chi connectivity index (χ0n) is 28.7. The fourth-order valence-corrected chi connectivity index (χ4v) is 8.34. The minimum Gasteiger partial charge on any atom is -0.387 e. The van der Waals surface area contributed by atoms with Crippen LogP contribution in [-0.4, -0.2) is 70.3 Å². The van der Waals surface area contributed by atoms with E-state index in [4.69, 9.17) is 22.2 Å². The summed E-state index contributed by atoms with van der Waals surface area (Å²) in [6.45, 7) is 9.65. The van der Waals surface area contributed by atoms with Crippen molar-refractivity contribution in [2.24, 2.45) is 40.0 Å². The Morgan fingerprint density at radius 1 is 1.10 bits per heavy atom. The fraction of sp³-hybridized carbons (Fsp3) is 0.667. The molecule has 11 nitrogen and oxygen atoms in total. The lowest BCUT2D eigenvalue weighted by molar-refractivity contribution is -0.145. The van der Waals surface area contributed by atoms with Gasteiger partial charge in [0, 0.05) is 29.3 Å². The topological polar surface area (TPSA) is 160 Å². The summed E-state index contributed by atoms with van der Waals surface area (Å²) in [5.41, 5.74) is 4.99. The summed E-state index contributed by atoms with van der Waals surface area (Å²) in [6, 6.07) is 4.11. The van der Waals surface area contributed by atoms with Crippen LogP contribution in [0, 0.1) is 29.1 Å². The van der Waals surface area contributed by atoms with Crippen LogP contribution in [0.2, 0.25) is 5.02 Å². The number of nitrogens with two attached hydrogens (primary N) is 1. The zero-order valence-corrected chi connectivity index (χ0v) is 29.5. The maximum Gasteiger partial charge on any atom is 0.287 e. The molecule has 0 unspecified atom stereocenters. The highest BCUT2D eigenvalue weighted by atomic mass is 35.5. The number of halogens is 1. The van der Waals surface area contributed by atoms with E-state index in [1.54, 1.807) is 12.1 Å². The Balaban J connectivity index is 1.39. The number of amides is 4. The predicted molar refractivity (Wildman–Crippen MR) is 182 cm³/mol. The number of oxime groups is 1. The number of benzene rings is 1. The van der Waals surface area contributed by atoms with Crippen LogP contribution >= 0.6 is 11.6 Å². The van der Waals surface area contributed by atoms with E-state index < -0.39 is 52.6 Å². The molecule has 2 aliphatic carbocycles. The van der Waals surface area contributed by atoms with Crippen LogP contribution in [0.25, 0.3) is 0 Å². The molecule has 4 aliphatic rings. The molecule has 7 atom stereocenters. The van der Waals surface area contributed by atoms with Crippen molar-refractivity contribution in [1.29, 1.82) is 0 Å². The minimum absolute atomic E-state index is 0.0344. The molecular weight excluding hydrogens is 634 g/mol. The van der Waals surface area contributed by atoms with Gasteiger partial charge in [-0.1, -0.05) is 102 Å². The molecule has 2 heterocycles. The van der Waals surface area contributed by atoms with E-state index in [0.29, 0.717) is 35.4 Å². The van der Waals surface area contributed by atoms with Gasteiger partial charge in [0.05, 0.1) is 18.3 Å². The second-order valence-electron chi connectivity index (χ2n) is 15.4. The van der Waals surface area contributed by atoms with E-state index in [-0.39, 0.29) is 37.1 Å². The summed E-state index contributed by atoms with van der Waals surface area (Å²) in [7, 11) is 0. The molecule has 48 heavy (non-hydrogen) atoms. The van der Waals surface area contributed by atoms with Gasteiger partial charge in [-0.05, 0) is 41.7 Å². The molecule has 0 aromatic heterocycles. The summed E-state index contributed by atoms with van der Waals surface area (Å²) in [4.78, 5) is 74.3. The maximum absolute atomic E-state index is 14.6. The second-order valence-corrected chi connectivity index (χ2v) is 15.9. The second kappa shape index (κ2) is 14.2. The van der Waals surface area contributed by atoms with Crippen LogP contribution < -0.4 is 16.4 Å². The van der Waals surface area contributed by atoms with Crippen LogP contribution in [-0.2, 0) is 28.8 Å². The Morgan fingerprint density at radius 3 is 2.44 bits per heavy atom. The SMILES string of the molecule is CCC[C@H](NC(=O)[C@@H]1C[C@]2(CC(c3cccc(Cl)c3)=NO2)CN1C(=O)[C@@H](NC(=O)[C@H]1[C@@H](C)[C@@H]1C1CCCCC1)C(C)(C)C)C(=O)C(N)=O. The number of nitrogens with one attached hydrogen (secondary N) is 2. The first-order valence-electron chi connectivity index (χ1n) is 17.4. The first-order valence-corrected chi connectivity index (χ1v) is 17.8. The number of ketones is 1. The third-order valence-electron chi connectivity index (χ3n) is 10.8. The van der Waals surface area contributed by atoms with Crippen molar-refractivity contribution >= 4 is 46.7 Å². The largest absolute Gasteiger partial charge is 0.387 e. The average molecular weight is 684 g/mol. The van der Waals surface area contributed by atoms with Crippen molar-refractivity contribution in [2.75, 3.05) is 6.54 Å². The molecule has 2 aliphatic heterocycles. The highest BCUT2D eigenvalue weighted by Crippen LogP contribution is 2.54. The molecular formula is C36H50ClN5O6. The van der Waals surface area contributed by atoms with Gasteiger partial charge in [-0.3, -0.25) is 24.0 Å². The van der Waals surface area contributed by atoms with E-state index >= 15 is 0 Å². The molecule has 4 amide bonds. The quantitative estimate of drug-likeness (QED) is 0.297. The van der Waals surface area contributed by atoms with Gasteiger partial charge in [0.15, 0.2) is 5.60 Å². The molecule has 1 spiro atoms. The van der Waals surface area contributed by atoms with Crippen molar-refractivity contribution in [3.8, 4) is 0 Å². The smallest absolute Gasteiger partial charge is 0.287 e. The van der Waals surface area contributed by atoms with Crippen LogP contribution in [0.4, 0.5) is 0 Å². The Kier molecular flexibility index (Phi) is 10.6.